The van der Waals surface area contributed by atoms with Crippen molar-refractivity contribution in [3.8, 4) is 12.3 Å². The van der Waals surface area contributed by atoms with Crippen LogP contribution >= 0.6 is 7.82 Å². The molecule has 0 aromatic carbocycles. The first-order valence-corrected chi connectivity index (χ1v) is 5.83. The van der Waals surface area contributed by atoms with Crippen LogP contribution in [0.3, 0.4) is 0 Å². The molecule has 1 atom stereocenters. The van der Waals surface area contributed by atoms with E-state index >= 15 is 0 Å². The molecule has 0 rings (SSSR count). The van der Waals surface area contributed by atoms with E-state index in [1.165, 1.54) is 0 Å². The van der Waals surface area contributed by atoms with E-state index in [4.69, 9.17) is 6.42 Å². The summed E-state index contributed by atoms with van der Waals surface area (Å²) in [7, 11) is -4.21. The average molecular weight is 260 g/mol. The fraction of sp³-hybridized carbons (Fsp3) is 0.750. The lowest BCUT2D eigenvalue weighted by Crippen LogP contribution is -2.17. The van der Waals surface area contributed by atoms with Gasteiger partial charge in [-0.05, 0) is 6.42 Å². The zero-order valence-electron chi connectivity index (χ0n) is 8.62. The third-order valence-corrected chi connectivity index (χ3v) is 2.54. The Bertz CT molecular complexity index is 284. The van der Waals surface area contributed by atoms with Gasteiger partial charge >= 0.3 is 14.0 Å². The van der Waals surface area contributed by atoms with E-state index in [1.54, 1.807) is 6.92 Å². The van der Waals surface area contributed by atoms with Crippen molar-refractivity contribution < 1.29 is 31.3 Å². The number of rotatable bonds is 7. The third-order valence-electron chi connectivity index (χ3n) is 1.15. The molecule has 0 aliphatic rings. The zero-order chi connectivity index (χ0) is 12.7. The van der Waals surface area contributed by atoms with Crippen LogP contribution in [0.5, 0.6) is 0 Å². The van der Waals surface area contributed by atoms with Gasteiger partial charge in [0.2, 0.25) is 0 Å². The molecule has 0 aliphatic carbocycles. The first-order valence-electron chi connectivity index (χ1n) is 4.37. The van der Waals surface area contributed by atoms with Gasteiger partial charge in [-0.3, -0.25) is 13.6 Å². The van der Waals surface area contributed by atoms with Crippen molar-refractivity contribution >= 4 is 7.82 Å². The maximum atomic E-state index is 11.8. The number of hydrogen-bond donors (Lipinski definition) is 0. The fourth-order valence-corrected chi connectivity index (χ4v) is 1.75. The third kappa shape index (κ3) is 7.71. The van der Waals surface area contributed by atoms with E-state index in [0.29, 0.717) is 6.42 Å². The predicted octanol–water partition coefficient (Wildman–Crippen LogP) is 2.75. The van der Waals surface area contributed by atoms with Crippen LogP contribution in [0.2, 0.25) is 0 Å². The summed E-state index contributed by atoms with van der Waals surface area (Å²) in [5.41, 5.74) is 0. The molecule has 0 aliphatic heterocycles. The minimum atomic E-state index is -4.61. The van der Waals surface area contributed by atoms with E-state index in [0.717, 1.165) is 0 Å². The Morgan fingerprint density at radius 3 is 2.38 bits per heavy atom. The van der Waals surface area contributed by atoms with Crippen molar-refractivity contribution in [1.29, 1.82) is 0 Å². The first-order chi connectivity index (χ1) is 7.33. The molecule has 0 saturated heterocycles. The maximum Gasteiger partial charge on any atom is 0.476 e. The quantitative estimate of drug-likeness (QED) is 0.521. The molecule has 4 nitrogen and oxygen atoms in total. The fourth-order valence-electron chi connectivity index (χ4n) is 0.583. The van der Waals surface area contributed by atoms with E-state index in [-0.39, 0.29) is 6.61 Å². The number of phosphoric ester groups is 1. The van der Waals surface area contributed by atoms with Crippen LogP contribution in [-0.2, 0) is 18.1 Å². The summed E-state index contributed by atoms with van der Waals surface area (Å²) in [5.74, 6) is 1.96. The van der Waals surface area contributed by atoms with Gasteiger partial charge in [-0.2, -0.15) is 13.2 Å². The van der Waals surface area contributed by atoms with Crippen LogP contribution < -0.4 is 0 Å². The normalized spacial score (nSPS) is 15.4. The lowest BCUT2D eigenvalue weighted by molar-refractivity contribution is -0.158. The summed E-state index contributed by atoms with van der Waals surface area (Å²) in [5, 5.41) is 0. The van der Waals surface area contributed by atoms with Gasteiger partial charge in [-0.1, -0.05) is 12.8 Å². The van der Waals surface area contributed by atoms with Crippen LogP contribution in [0.25, 0.3) is 0 Å². The van der Waals surface area contributed by atoms with Gasteiger partial charge in [0.1, 0.15) is 6.61 Å². The SMILES string of the molecule is C#CCOP(=O)(OCCC)OCC(F)(F)F. The van der Waals surface area contributed by atoms with Gasteiger partial charge in [0.25, 0.3) is 0 Å². The van der Waals surface area contributed by atoms with Crippen molar-refractivity contribution in [1.82, 2.24) is 0 Å². The first kappa shape index (κ1) is 15.5. The van der Waals surface area contributed by atoms with Gasteiger partial charge in [0.05, 0.1) is 6.61 Å². The van der Waals surface area contributed by atoms with Crippen LogP contribution in [0.15, 0.2) is 0 Å². The Balaban J connectivity index is 4.30. The van der Waals surface area contributed by atoms with Gasteiger partial charge < -0.3 is 0 Å². The highest BCUT2D eigenvalue weighted by molar-refractivity contribution is 7.48. The Morgan fingerprint density at radius 1 is 1.31 bits per heavy atom. The molecule has 0 radical (unpaired) electrons. The highest BCUT2D eigenvalue weighted by Crippen LogP contribution is 2.50. The number of hydrogen-bond acceptors (Lipinski definition) is 4. The smallest absolute Gasteiger partial charge is 0.287 e. The van der Waals surface area contributed by atoms with Crippen LogP contribution in [0.4, 0.5) is 13.2 Å². The molecule has 0 bridgehead atoms. The van der Waals surface area contributed by atoms with E-state index in [9.17, 15) is 17.7 Å². The van der Waals surface area contributed by atoms with E-state index in [1.807, 2.05) is 5.92 Å². The van der Waals surface area contributed by atoms with Crippen LogP contribution in [0.1, 0.15) is 13.3 Å². The lowest BCUT2D eigenvalue weighted by atomic mass is 10.5. The van der Waals surface area contributed by atoms with Crippen LogP contribution in [-0.4, -0.2) is 26.0 Å². The second kappa shape index (κ2) is 6.92. The largest absolute Gasteiger partial charge is 0.476 e. The lowest BCUT2D eigenvalue weighted by Gasteiger charge is -2.17. The summed E-state index contributed by atoms with van der Waals surface area (Å²) in [4.78, 5) is 0. The summed E-state index contributed by atoms with van der Waals surface area (Å²) in [6, 6.07) is 0. The number of phosphoric acid groups is 1. The molecule has 0 saturated carbocycles. The molecular weight excluding hydrogens is 248 g/mol. The molecule has 1 unspecified atom stereocenters. The predicted molar refractivity (Wildman–Crippen MR) is 50.6 cm³/mol. The molecule has 0 spiro atoms. The van der Waals surface area contributed by atoms with E-state index in [2.05, 4.69) is 13.6 Å². The molecule has 94 valence electrons. The maximum absolute atomic E-state index is 11.8. The Hall–Kier alpha value is -0.540. The van der Waals surface area contributed by atoms with Crippen LogP contribution in [0, 0.1) is 12.3 Å². The van der Waals surface area contributed by atoms with Gasteiger partial charge in [0, 0.05) is 0 Å². The molecule has 16 heavy (non-hydrogen) atoms. The summed E-state index contributed by atoms with van der Waals surface area (Å²) >= 11 is 0. The average Bonchev–Trinajstić information content (AvgIpc) is 2.20. The highest BCUT2D eigenvalue weighted by atomic mass is 31.2. The number of terminal acetylenes is 1. The monoisotopic (exact) mass is 260 g/mol. The molecule has 0 N–H and O–H groups in total. The van der Waals surface area contributed by atoms with Crippen molar-refractivity contribution in [3.05, 3.63) is 0 Å². The summed E-state index contributed by atoms with van der Waals surface area (Å²) < 4.78 is 60.1. The highest BCUT2D eigenvalue weighted by Gasteiger charge is 2.35. The Morgan fingerprint density at radius 2 is 1.94 bits per heavy atom. The number of alkyl halides is 3. The molecule has 0 aromatic rings. The van der Waals surface area contributed by atoms with Gasteiger partial charge in [0.15, 0.2) is 6.61 Å². The van der Waals surface area contributed by atoms with Crippen molar-refractivity contribution in [2.24, 2.45) is 0 Å². The molecule has 0 aromatic heterocycles. The topological polar surface area (TPSA) is 44.8 Å². The number of halogens is 3. The zero-order valence-corrected chi connectivity index (χ0v) is 9.51. The Kier molecular flexibility index (Phi) is 6.68. The van der Waals surface area contributed by atoms with E-state index < -0.39 is 27.2 Å². The van der Waals surface area contributed by atoms with Crippen molar-refractivity contribution in [2.75, 3.05) is 19.8 Å². The second-order valence-corrected chi connectivity index (χ2v) is 4.32. The standard InChI is InChI=1S/C8H12F3O4P/c1-3-5-13-16(12,14-6-4-2)15-7-8(9,10)11/h1H,4-7H2,2H3. The van der Waals surface area contributed by atoms with Crippen molar-refractivity contribution in [2.45, 2.75) is 19.5 Å². The van der Waals surface area contributed by atoms with Gasteiger partial charge in [-0.15, -0.1) is 6.42 Å². The molecule has 0 heterocycles. The van der Waals surface area contributed by atoms with Gasteiger partial charge in [-0.25, -0.2) is 4.57 Å². The van der Waals surface area contributed by atoms with Crippen molar-refractivity contribution in [3.63, 3.8) is 0 Å². The molecular formula is C8H12F3O4P. The summed E-state index contributed by atoms with van der Waals surface area (Å²) in [6.07, 6.45) is 0.668. The Labute approximate surface area is 91.7 Å². The molecule has 0 amide bonds. The minimum absolute atomic E-state index is 0.0420. The molecule has 0 fully saturated rings. The molecule has 8 heteroatoms. The minimum Gasteiger partial charge on any atom is -0.287 e. The summed E-state index contributed by atoms with van der Waals surface area (Å²) in [6.45, 7) is -0.508. The second-order valence-electron chi connectivity index (χ2n) is 2.65.